The van der Waals surface area contributed by atoms with Crippen molar-refractivity contribution in [3.63, 3.8) is 0 Å². The lowest BCUT2D eigenvalue weighted by atomic mass is 9.77. The highest BCUT2D eigenvalue weighted by Crippen LogP contribution is 2.32. The van der Waals surface area contributed by atoms with Crippen molar-refractivity contribution in [2.45, 2.75) is 32.4 Å². The van der Waals surface area contributed by atoms with E-state index >= 15 is 0 Å². The summed E-state index contributed by atoms with van der Waals surface area (Å²) in [6, 6.07) is 0. The van der Waals surface area contributed by atoms with E-state index in [1.807, 2.05) is 0 Å². The SMILES string of the molecule is CC(F)CC1(C(=O)O)CCCNC1.Cl. The van der Waals surface area contributed by atoms with Gasteiger partial charge in [0.2, 0.25) is 0 Å². The van der Waals surface area contributed by atoms with E-state index in [0.29, 0.717) is 13.0 Å². The van der Waals surface area contributed by atoms with Crippen LogP contribution in [0.1, 0.15) is 26.2 Å². The second kappa shape index (κ2) is 5.51. The lowest BCUT2D eigenvalue weighted by Gasteiger charge is -2.34. The molecule has 0 spiro atoms. The Morgan fingerprint density at radius 3 is 2.71 bits per heavy atom. The molecule has 1 saturated heterocycles. The van der Waals surface area contributed by atoms with Crippen LogP contribution >= 0.6 is 12.4 Å². The van der Waals surface area contributed by atoms with Gasteiger partial charge >= 0.3 is 5.97 Å². The number of halogens is 2. The van der Waals surface area contributed by atoms with Crippen molar-refractivity contribution in [1.82, 2.24) is 5.32 Å². The molecule has 1 aliphatic heterocycles. The summed E-state index contributed by atoms with van der Waals surface area (Å²) < 4.78 is 12.8. The van der Waals surface area contributed by atoms with E-state index in [1.54, 1.807) is 0 Å². The summed E-state index contributed by atoms with van der Waals surface area (Å²) in [4.78, 5) is 11.0. The summed E-state index contributed by atoms with van der Waals surface area (Å²) in [5.41, 5.74) is -0.869. The maximum atomic E-state index is 12.8. The third kappa shape index (κ3) is 3.10. The molecule has 0 aromatic rings. The molecule has 2 N–H and O–H groups in total. The first-order chi connectivity index (χ1) is 6.07. The highest BCUT2D eigenvalue weighted by atomic mass is 35.5. The van der Waals surface area contributed by atoms with Gasteiger partial charge in [-0.1, -0.05) is 0 Å². The number of carbonyl (C=O) groups is 1. The van der Waals surface area contributed by atoms with Gasteiger partial charge in [-0.05, 0) is 32.7 Å². The second-order valence-electron chi connectivity index (χ2n) is 3.85. The standard InChI is InChI=1S/C9H16FNO2.ClH/c1-7(10)5-9(8(12)13)3-2-4-11-6-9;/h7,11H,2-6H2,1H3,(H,12,13);1H. The lowest BCUT2D eigenvalue weighted by Crippen LogP contribution is -2.46. The molecule has 84 valence electrons. The number of nitrogens with one attached hydrogen (secondary N) is 1. The van der Waals surface area contributed by atoms with Crippen LogP contribution in [0.3, 0.4) is 0 Å². The number of aliphatic carboxylic acids is 1. The fourth-order valence-corrected chi connectivity index (χ4v) is 1.95. The van der Waals surface area contributed by atoms with Crippen molar-refractivity contribution in [3.05, 3.63) is 0 Å². The van der Waals surface area contributed by atoms with Crippen LogP contribution < -0.4 is 5.32 Å². The van der Waals surface area contributed by atoms with Crippen molar-refractivity contribution in [2.24, 2.45) is 5.41 Å². The number of alkyl halides is 1. The number of hydrogen-bond acceptors (Lipinski definition) is 2. The Balaban J connectivity index is 0.00000169. The summed E-state index contributed by atoms with van der Waals surface area (Å²) in [5, 5.41) is 12.0. The van der Waals surface area contributed by atoms with E-state index in [9.17, 15) is 9.18 Å². The molecule has 0 bridgehead atoms. The van der Waals surface area contributed by atoms with Crippen LogP contribution in [-0.4, -0.2) is 30.3 Å². The van der Waals surface area contributed by atoms with E-state index in [4.69, 9.17) is 5.11 Å². The minimum Gasteiger partial charge on any atom is -0.481 e. The van der Waals surface area contributed by atoms with Crippen LogP contribution in [0.25, 0.3) is 0 Å². The Labute approximate surface area is 89.5 Å². The van der Waals surface area contributed by atoms with Gasteiger partial charge < -0.3 is 10.4 Å². The molecule has 5 heteroatoms. The monoisotopic (exact) mass is 225 g/mol. The average molecular weight is 226 g/mol. The lowest BCUT2D eigenvalue weighted by molar-refractivity contribution is -0.151. The molecule has 0 aromatic carbocycles. The first kappa shape index (κ1) is 13.7. The quantitative estimate of drug-likeness (QED) is 0.767. The Morgan fingerprint density at radius 2 is 2.36 bits per heavy atom. The first-order valence-electron chi connectivity index (χ1n) is 4.65. The maximum Gasteiger partial charge on any atom is 0.311 e. The van der Waals surface area contributed by atoms with E-state index in [0.717, 1.165) is 13.0 Å². The van der Waals surface area contributed by atoms with Gasteiger partial charge in [-0.3, -0.25) is 4.79 Å². The Hall–Kier alpha value is -0.350. The molecular weight excluding hydrogens is 209 g/mol. The normalized spacial score (nSPS) is 29.0. The average Bonchev–Trinajstić information content (AvgIpc) is 2.04. The maximum absolute atomic E-state index is 12.8. The molecule has 3 nitrogen and oxygen atoms in total. The second-order valence-corrected chi connectivity index (χ2v) is 3.85. The fraction of sp³-hybridized carbons (Fsp3) is 0.889. The minimum atomic E-state index is -1.05. The van der Waals surface area contributed by atoms with Gasteiger partial charge in [0.05, 0.1) is 11.6 Å². The Morgan fingerprint density at radius 1 is 1.71 bits per heavy atom. The van der Waals surface area contributed by atoms with Gasteiger partial charge in [0.15, 0.2) is 0 Å². The van der Waals surface area contributed by atoms with Crippen LogP contribution in [0.15, 0.2) is 0 Å². The van der Waals surface area contributed by atoms with Gasteiger partial charge in [-0.15, -0.1) is 12.4 Å². The zero-order valence-electron chi connectivity index (χ0n) is 8.25. The van der Waals surface area contributed by atoms with Crippen molar-refractivity contribution >= 4 is 18.4 Å². The third-order valence-electron chi connectivity index (χ3n) is 2.60. The van der Waals surface area contributed by atoms with E-state index < -0.39 is 17.6 Å². The van der Waals surface area contributed by atoms with Crippen LogP contribution in [0.2, 0.25) is 0 Å². The number of piperidine rings is 1. The van der Waals surface area contributed by atoms with Crippen molar-refractivity contribution in [1.29, 1.82) is 0 Å². The number of carboxylic acid groups (broad SMARTS) is 1. The van der Waals surface area contributed by atoms with Gasteiger partial charge in [-0.25, -0.2) is 4.39 Å². The van der Waals surface area contributed by atoms with E-state index in [2.05, 4.69) is 5.32 Å². The van der Waals surface area contributed by atoms with Gasteiger partial charge in [0, 0.05) is 6.54 Å². The summed E-state index contributed by atoms with van der Waals surface area (Å²) in [7, 11) is 0. The van der Waals surface area contributed by atoms with Crippen LogP contribution in [0, 0.1) is 5.41 Å². The third-order valence-corrected chi connectivity index (χ3v) is 2.60. The topological polar surface area (TPSA) is 49.3 Å². The largest absolute Gasteiger partial charge is 0.481 e. The van der Waals surface area contributed by atoms with Crippen molar-refractivity contribution < 1.29 is 14.3 Å². The zero-order valence-corrected chi connectivity index (χ0v) is 9.07. The molecule has 0 aliphatic carbocycles. The van der Waals surface area contributed by atoms with Gasteiger partial charge in [0.25, 0.3) is 0 Å². The fourth-order valence-electron chi connectivity index (χ4n) is 1.95. The highest BCUT2D eigenvalue weighted by molar-refractivity contribution is 5.85. The van der Waals surface area contributed by atoms with Crippen LogP contribution in [0.5, 0.6) is 0 Å². The summed E-state index contributed by atoms with van der Waals surface area (Å²) >= 11 is 0. The number of rotatable bonds is 3. The van der Waals surface area contributed by atoms with E-state index in [1.165, 1.54) is 6.92 Å². The summed E-state index contributed by atoms with van der Waals surface area (Å²) in [5.74, 6) is -0.871. The van der Waals surface area contributed by atoms with Gasteiger partial charge in [-0.2, -0.15) is 0 Å². The van der Waals surface area contributed by atoms with Crippen LogP contribution in [-0.2, 0) is 4.79 Å². The molecule has 0 amide bonds. The molecule has 1 rings (SSSR count). The predicted octanol–water partition coefficient (Wildman–Crippen LogP) is 1.61. The first-order valence-corrected chi connectivity index (χ1v) is 4.65. The van der Waals surface area contributed by atoms with Crippen LogP contribution in [0.4, 0.5) is 4.39 Å². The molecule has 14 heavy (non-hydrogen) atoms. The van der Waals surface area contributed by atoms with E-state index in [-0.39, 0.29) is 18.8 Å². The molecule has 1 fully saturated rings. The predicted molar refractivity (Wildman–Crippen MR) is 54.6 cm³/mol. The molecular formula is C9H17ClFNO2. The smallest absolute Gasteiger partial charge is 0.311 e. The highest BCUT2D eigenvalue weighted by Gasteiger charge is 2.40. The minimum absolute atomic E-state index is 0. The number of hydrogen-bond donors (Lipinski definition) is 2. The molecule has 0 saturated carbocycles. The summed E-state index contributed by atoms with van der Waals surface area (Å²) in [6.07, 6.45) is 0.480. The summed E-state index contributed by atoms with van der Waals surface area (Å²) in [6.45, 7) is 2.66. The molecule has 2 atom stereocenters. The molecule has 0 radical (unpaired) electrons. The molecule has 1 aliphatic rings. The van der Waals surface area contributed by atoms with Gasteiger partial charge in [0.1, 0.15) is 0 Å². The van der Waals surface area contributed by atoms with Crippen molar-refractivity contribution in [3.8, 4) is 0 Å². The van der Waals surface area contributed by atoms with Crippen molar-refractivity contribution in [2.75, 3.05) is 13.1 Å². The Bertz CT molecular complexity index is 193. The molecule has 2 unspecified atom stereocenters. The molecule has 0 aromatic heterocycles. The number of carboxylic acids is 1. The molecule has 1 heterocycles. The Kier molecular flexibility index (Phi) is 5.37. The zero-order chi connectivity index (χ0) is 9.90.